The molecule has 0 radical (unpaired) electrons. The van der Waals surface area contributed by atoms with Crippen molar-refractivity contribution in [1.82, 2.24) is 15.2 Å². The van der Waals surface area contributed by atoms with E-state index in [1.165, 1.54) is 6.20 Å². The van der Waals surface area contributed by atoms with Gasteiger partial charge in [-0.25, -0.2) is 0 Å². The normalized spacial score (nSPS) is 19.8. The number of hydrogen-bond donors (Lipinski definition) is 3. The first-order valence-corrected chi connectivity index (χ1v) is 13.4. The zero-order valence-corrected chi connectivity index (χ0v) is 21.7. The molecule has 2 aliphatic heterocycles. The summed E-state index contributed by atoms with van der Waals surface area (Å²) in [5, 5.41) is 15.1. The average molecular weight is 536 g/mol. The Morgan fingerprint density at radius 3 is 2.51 bits per heavy atom. The molecule has 3 amide bonds. The zero-order valence-electron chi connectivity index (χ0n) is 21.7. The van der Waals surface area contributed by atoms with E-state index in [2.05, 4.69) is 20.5 Å². The lowest BCUT2D eigenvalue weighted by Crippen LogP contribution is -2.49. The van der Waals surface area contributed by atoms with Gasteiger partial charge in [0.2, 0.25) is 5.91 Å². The predicted molar refractivity (Wildman–Crippen MR) is 142 cm³/mol. The van der Waals surface area contributed by atoms with Crippen molar-refractivity contribution >= 4 is 35.1 Å². The van der Waals surface area contributed by atoms with Crippen LogP contribution >= 0.6 is 0 Å². The number of carbonyl (C=O) groups is 4. The van der Waals surface area contributed by atoms with E-state index in [4.69, 9.17) is 4.74 Å². The van der Waals surface area contributed by atoms with Gasteiger partial charge in [-0.3, -0.25) is 24.2 Å². The topological polar surface area (TPSA) is 141 Å². The van der Waals surface area contributed by atoms with E-state index in [9.17, 15) is 24.3 Å². The van der Waals surface area contributed by atoms with Crippen LogP contribution < -0.4 is 15.5 Å². The molecule has 3 aliphatic rings. The van der Waals surface area contributed by atoms with Crippen molar-refractivity contribution in [2.75, 3.05) is 43.0 Å². The summed E-state index contributed by atoms with van der Waals surface area (Å²) in [7, 11) is 0. The smallest absolute Gasteiger partial charge is 0.305 e. The third kappa shape index (κ3) is 6.54. The summed E-state index contributed by atoms with van der Waals surface area (Å²) >= 11 is 0. The van der Waals surface area contributed by atoms with Crippen molar-refractivity contribution in [1.29, 1.82) is 0 Å². The quantitative estimate of drug-likeness (QED) is 0.444. The van der Waals surface area contributed by atoms with Crippen molar-refractivity contribution in [2.24, 2.45) is 5.92 Å². The molecule has 1 aromatic heterocycles. The minimum absolute atomic E-state index is 0.173. The molecule has 3 fully saturated rings. The first-order chi connectivity index (χ1) is 18.9. The van der Waals surface area contributed by atoms with Crippen LogP contribution in [0.15, 0.2) is 42.7 Å². The van der Waals surface area contributed by atoms with Crippen LogP contribution in [-0.2, 0) is 19.1 Å². The second kappa shape index (κ2) is 11.8. The minimum Gasteiger partial charge on any atom is -0.481 e. The summed E-state index contributed by atoms with van der Waals surface area (Å²) in [6.07, 6.45) is 5.63. The highest BCUT2D eigenvalue weighted by Gasteiger charge is 2.35. The molecule has 2 atom stereocenters. The number of anilines is 2. The SMILES string of the molecule is O=C(O)CC(NC(=O)c1ccc(N2CCN(C(=O)C3CC3)CC2)c(NC(=O)C2CCCO2)c1)c1cccnc1. The number of ether oxygens (including phenoxy) is 1. The van der Waals surface area contributed by atoms with Crippen LogP contribution in [0.4, 0.5) is 11.4 Å². The standard InChI is InChI=1S/C28H33N5O6/c34-25(35)16-21(20-3-1-9-29-17-20)30-26(36)19-7-8-23(22(15-19)31-27(37)24-4-2-14-39-24)32-10-12-33(13-11-32)28(38)18-5-6-18/h1,3,7-9,15,17-18,21,24H,2,4-6,10-14,16H2,(H,30,36)(H,31,37)(H,34,35). The molecule has 5 rings (SSSR count). The van der Waals surface area contributed by atoms with Gasteiger partial charge in [-0.05, 0) is 55.5 Å². The Hall–Kier alpha value is -3.99. The highest BCUT2D eigenvalue weighted by molar-refractivity contribution is 6.01. The number of nitrogens with zero attached hydrogens (tertiary/aromatic N) is 3. The molecule has 39 heavy (non-hydrogen) atoms. The van der Waals surface area contributed by atoms with Crippen molar-refractivity contribution in [3.05, 3.63) is 53.9 Å². The molecule has 206 valence electrons. The Kier molecular flexibility index (Phi) is 8.06. The molecule has 2 unspecified atom stereocenters. The summed E-state index contributed by atoms with van der Waals surface area (Å²) in [6, 6.07) is 7.68. The van der Waals surface area contributed by atoms with Crippen molar-refractivity contribution in [2.45, 2.75) is 44.2 Å². The number of rotatable bonds is 9. The van der Waals surface area contributed by atoms with E-state index in [1.807, 2.05) is 4.90 Å². The van der Waals surface area contributed by atoms with Gasteiger partial charge in [0.25, 0.3) is 11.8 Å². The first kappa shape index (κ1) is 26.6. The third-order valence-electron chi connectivity index (χ3n) is 7.37. The van der Waals surface area contributed by atoms with Gasteiger partial charge in [0.15, 0.2) is 0 Å². The number of nitrogens with one attached hydrogen (secondary N) is 2. The van der Waals surface area contributed by atoms with Crippen molar-refractivity contribution < 1.29 is 29.0 Å². The van der Waals surface area contributed by atoms with Gasteiger partial charge in [0, 0.05) is 56.7 Å². The summed E-state index contributed by atoms with van der Waals surface area (Å²) < 4.78 is 5.55. The van der Waals surface area contributed by atoms with E-state index >= 15 is 0 Å². The summed E-state index contributed by atoms with van der Waals surface area (Å²) in [4.78, 5) is 58.2. The summed E-state index contributed by atoms with van der Waals surface area (Å²) in [5.41, 5.74) is 2.09. The Morgan fingerprint density at radius 1 is 1.08 bits per heavy atom. The minimum atomic E-state index is -1.05. The lowest BCUT2D eigenvalue weighted by atomic mass is 10.0. The second-order valence-electron chi connectivity index (χ2n) is 10.2. The highest BCUT2D eigenvalue weighted by atomic mass is 16.5. The summed E-state index contributed by atoms with van der Waals surface area (Å²) in [5.74, 6) is -1.40. The van der Waals surface area contributed by atoms with Crippen LogP contribution in [0, 0.1) is 5.92 Å². The number of aromatic nitrogens is 1. The van der Waals surface area contributed by atoms with Crippen LogP contribution in [0.5, 0.6) is 0 Å². The maximum absolute atomic E-state index is 13.3. The first-order valence-electron chi connectivity index (χ1n) is 13.4. The number of piperazine rings is 1. The van der Waals surface area contributed by atoms with Crippen LogP contribution in [0.25, 0.3) is 0 Å². The molecular weight excluding hydrogens is 502 g/mol. The molecule has 1 saturated carbocycles. The largest absolute Gasteiger partial charge is 0.481 e. The number of pyridine rings is 1. The molecule has 2 aromatic rings. The molecule has 2 saturated heterocycles. The lowest BCUT2D eigenvalue weighted by Gasteiger charge is -2.37. The average Bonchev–Trinajstić information content (AvgIpc) is 3.65. The molecule has 3 N–H and O–H groups in total. The Bertz CT molecular complexity index is 1220. The molecule has 0 spiro atoms. The molecule has 0 bridgehead atoms. The maximum atomic E-state index is 13.3. The summed E-state index contributed by atoms with van der Waals surface area (Å²) in [6.45, 7) is 2.93. The second-order valence-corrected chi connectivity index (χ2v) is 10.2. The van der Waals surface area contributed by atoms with Gasteiger partial charge in [0.1, 0.15) is 6.10 Å². The fourth-order valence-electron chi connectivity index (χ4n) is 5.06. The van der Waals surface area contributed by atoms with E-state index in [0.29, 0.717) is 50.5 Å². The Morgan fingerprint density at radius 2 is 1.87 bits per heavy atom. The number of benzene rings is 1. The number of hydrogen-bond acceptors (Lipinski definition) is 7. The fourth-order valence-corrected chi connectivity index (χ4v) is 5.06. The molecule has 11 nitrogen and oxygen atoms in total. The molecule has 1 aromatic carbocycles. The maximum Gasteiger partial charge on any atom is 0.305 e. The molecular formula is C28H33N5O6. The zero-order chi connectivity index (χ0) is 27.4. The van der Waals surface area contributed by atoms with Gasteiger partial charge in [-0.1, -0.05) is 6.07 Å². The fraction of sp³-hybridized carbons (Fsp3) is 0.464. The van der Waals surface area contributed by atoms with E-state index in [1.54, 1.807) is 36.5 Å². The van der Waals surface area contributed by atoms with Gasteiger partial charge in [-0.2, -0.15) is 0 Å². The molecule has 3 heterocycles. The van der Waals surface area contributed by atoms with E-state index in [-0.39, 0.29) is 29.7 Å². The number of carbonyl (C=O) groups excluding carboxylic acids is 3. The number of carboxylic acids is 1. The number of aliphatic carboxylic acids is 1. The van der Waals surface area contributed by atoms with Crippen molar-refractivity contribution in [3.63, 3.8) is 0 Å². The van der Waals surface area contributed by atoms with Crippen molar-refractivity contribution in [3.8, 4) is 0 Å². The van der Waals surface area contributed by atoms with Gasteiger partial charge in [0.05, 0.1) is 23.8 Å². The third-order valence-corrected chi connectivity index (χ3v) is 7.37. The monoisotopic (exact) mass is 535 g/mol. The Balaban J connectivity index is 1.35. The number of carboxylic acid groups (broad SMARTS) is 1. The lowest BCUT2D eigenvalue weighted by molar-refractivity contribution is -0.137. The van der Waals surface area contributed by atoms with Crippen LogP contribution in [0.2, 0.25) is 0 Å². The number of amides is 3. The van der Waals surface area contributed by atoms with Gasteiger partial charge >= 0.3 is 5.97 Å². The van der Waals surface area contributed by atoms with Crippen LogP contribution in [-0.4, -0.2) is 77.6 Å². The van der Waals surface area contributed by atoms with E-state index in [0.717, 1.165) is 24.9 Å². The van der Waals surface area contributed by atoms with Crippen LogP contribution in [0.3, 0.4) is 0 Å². The van der Waals surface area contributed by atoms with Gasteiger partial charge in [-0.15, -0.1) is 0 Å². The molecule has 1 aliphatic carbocycles. The predicted octanol–water partition coefficient (Wildman–Crippen LogP) is 2.20. The van der Waals surface area contributed by atoms with Crippen LogP contribution in [0.1, 0.15) is 54.1 Å². The Labute approximate surface area is 226 Å². The van der Waals surface area contributed by atoms with E-state index < -0.39 is 24.0 Å². The van der Waals surface area contributed by atoms with Gasteiger partial charge < -0.3 is 30.3 Å². The molecule has 11 heteroatoms. The highest BCUT2D eigenvalue weighted by Crippen LogP contribution is 2.33.